The quantitative estimate of drug-likeness (QED) is 0.0282. The van der Waals surface area contributed by atoms with Gasteiger partial charge in [-0.3, -0.25) is 19.5 Å². The standard InChI is InChI=1S/C39H55ClN6O6S.C29H37ClN4O4S/c1-3-10-31(47)11-6-4-7-17-42-39(48)43-18-23-51-24-22-45-21-16-30(28-45)44-53(49,50)33-14-12-32(13-15-33)52-38-35-25-29(40)26-36(41-2)34(35)27-37(38)46-19-8-5-9-20-46;1-2-37-14-13-33-10-7-21(19-33)20-39(35,36)25-5-3-24(4-6-25)38-29-27-16-23(30)15-22(18-31)26(27)17-28(29)34-11-8-32-9-12-34/h12-15,25-26,30,37-38,44H,3-11,16-24,27-28H2,1H3,(H2,42,43,48);3-6,15-16,21,28-29,32H,2,7-14,17,19-20H2,1H3/t30-,37-,38-;21-,28-,29-/m00/s1. The number of hydrogen-bond acceptors (Lipinski definition) is 16. The van der Waals surface area contributed by atoms with Gasteiger partial charge in [0.2, 0.25) is 10.0 Å². The Labute approximate surface area is 555 Å². The minimum atomic E-state index is -3.74. The van der Waals surface area contributed by atoms with Gasteiger partial charge in [0.1, 0.15) is 29.5 Å². The predicted octanol–water partition coefficient (Wildman–Crippen LogP) is 9.31. The molecule has 0 unspecified atom stereocenters. The maximum atomic E-state index is 13.3. The number of sulfone groups is 1. The van der Waals surface area contributed by atoms with Gasteiger partial charge >= 0.3 is 6.03 Å². The summed E-state index contributed by atoms with van der Waals surface area (Å²) in [7, 11) is -7.15. The number of urea groups is 1. The number of sulfonamides is 1. The molecule has 10 rings (SSSR count). The van der Waals surface area contributed by atoms with E-state index >= 15 is 0 Å². The number of nitrogens with one attached hydrogen (secondary N) is 4. The number of piperidine rings is 1. The summed E-state index contributed by atoms with van der Waals surface area (Å²) in [5.74, 6) is 1.76. The third kappa shape index (κ3) is 19.8. The third-order valence-corrected chi connectivity index (χ3v) is 22.3. The Morgan fingerprint density at radius 2 is 1.30 bits per heavy atom. The van der Waals surface area contributed by atoms with Crippen LogP contribution in [0.2, 0.25) is 10.0 Å². The number of benzene rings is 4. The summed E-state index contributed by atoms with van der Waals surface area (Å²) in [6, 6.07) is 22.7. The molecule has 6 atom stereocenters. The van der Waals surface area contributed by atoms with Crippen molar-refractivity contribution >= 4 is 60.6 Å². The fourth-order valence-corrected chi connectivity index (χ4v) is 17.0. The lowest BCUT2D eigenvalue weighted by Gasteiger charge is -2.36. The van der Waals surface area contributed by atoms with Crippen molar-refractivity contribution in [2.24, 2.45) is 5.92 Å². The SMILES string of the molecule is CCOCCN1CC[C@H](CS(=O)(=O)c2ccc(O[C@H]3c4cc(Cl)cc(C#N)c4C[C@@H]3N3CCNCC3)cc2)C1.[C-]#[N+]c1cc(Cl)cc2c1C[C@H](N1CCCCC1)[C@H]2Oc1ccc(S(=O)(=O)N[C@H]2CCN(CCOCCNC(=O)NCCCCCC(=O)CCC)C2)cc1. The maximum absolute atomic E-state index is 13.3. The Morgan fingerprint density at radius 1 is 0.696 bits per heavy atom. The van der Waals surface area contributed by atoms with Gasteiger partial charge in [-0.25, -0.2) is 31.2 Å². The monoisotopic (exact) mass is 1340 g/mol. The first-order valence-electron chi connectivity index (χ1n) is 33.1. The van der Waals surface area contributed by atoms with Crippen LogP contribution in [0.5, 0.6) is 11.5 Å². The molecule has 2 amide bonds. The van der Waals surface area contributed by atoms with Crippen LogP contribution in [0.15, 0.2) is 82.6 Å². The highest BCUT2D eigenvalue weighted by Crippen LogP contribution is 2.45. The first-order chi connectivity index (χ1) is 44.5. The predicted molar refractivity (Wildman–Crippen MR) is 357 cm³/mol. The molecule has 0 bridgehead atoms. The highest BCUT2D eigenvalue weighted by molar-refractivity contribution is 7.91. The molecule has 24 heteroatoms. The van der Waals surface area contributed by atoms with Gasteiger partial charge in [-0.1, -0.05) is 43.0 Å². The number of carbonyl (C=O) groups is 2. The lowest BCUT2D eigenvalue weighted by molar-refractivity contribution is -0.119. The van der Waals surface area contributed by atoms with Crippen LogP contribution in [-0.2, 0) is 47.0 Å². The van der Waals surface area contributed by atoms with E-state index in [9.17, 15) is 31.7 Å². The Balaban J connectivity index is 0.000000227. The molecule has 6 aliphatic rings. The molecule has 0 saturated carbocycles. The topological polar surface area (TPSA) is 229 Å². The zero-order chi connectivity index (χ0) is 65.0. The summed E-state index contributed by atoms with van der Waals surface area (Å²) in [5.41, 5.74) is 5.00. The number of amides is 2. The van der Waals surface area contributed by atoms with E-state index in [0.29, 0.717) is 115 Å². The molecule has 4 N–H and O–H groups in total. The van der Waals surface area contributed by atoms with Gasteiger partial charge in [-0.15, -0.1) is 0 Å². The number of fused-ring (bicyclic) bond motifs is 2. The largest absolute Gasteiger partial charge is 0.484 e. The van der Waals surface area contributed by atoms with Crippen molar-refractivity contribution in [3.63, 3.8) is 0 Å². The third-order valence-electron chi connectivity index (χ3n) is 18.4. The second-order valence-electron chi connectivity index (χ2n) is 24.9. The van der Waals surface area contributed by atoms with Crippen LogP contribution in [-0.4, -0.2) is 190 Å². The average molecular weight is 1340 g/mol. The van der Waals surface area contributed by atoms with Crippen molar-refractivity contribution in [3.05, 3.63) is 122 Å². The van der Waals surface area contributed by atoms with Gasteiger partial charge in [0.25, 0.3) is 0 Å². The van der Waals surface area contributed by atoms with E-state index < -0.39 is 19.9 Å². The smallest absolute Gasteiger partial charge is 0.314 e. The van der Waals surface area contributed by atoms with Gasteiger partial charge in [0.15, 0.2) is 15.5 Å². The number of hydrogen-bond donors (Lipinski definition) is 4. The van der Waals surface area contributed by atoms with Crippen molar-refractivity contribution in [3.8, 4) is 17.6 Å². The number of rotatable bonds is 30. The Kier molecular flexibility index (Phi) is 26.8. The number of halogens is 2. The molecule has 4 fully saturated rings. The molecule has 0 spiro atoms. The fourth-order valence-electron chi connectivity index (χ4n) is 13.7. The van der Waals surface area contributed by atoms with E-state index in [0.717, 1.165) is 145 Å². The van der Waals surface area contributed by atoms with Crippen LogP contribution < -0.4 is 30.1 Å². The zero-order valence-corrected chi connectivity index (χ0v) is 56.5. The minimum Gasteiger partial charge on any atom is -0.484 e. The second kappa shape index (κ2) is 34.8. The molecule has 0 aromatic heterocycles. The number of carbonyl (C=O) groups excluding carboxylic acids is 2. The number of likely N-dealkylation sites (tertiary alicyclic amines) is 3. The van der Waals surface area contributed by atoms with E-state index in [1.807, 2.05) is 26.0 Å². The summed E-state index contributed by atoms with van der Waals surface area (Å²) < 4.78 is 80.2. The first-order valence-corrected chi connectivity index (χ1v) is 37.0. The van der Waals surface area contributed by atoms with Crippen molar-refractivity contribution in [2.75, 3.05) is 124 Å². The summed E-state index contributed by atoms with van der Waals surface area (Å²) in [6.07, 6.45) is 10.7. The molecular formula is C68H92Cl2N10O10S2. The van der Waals surface area contributed by atoms with Gasteiger partial charge in [-0.2, -0.15) is 5.26 Å². The lowest BCUT2D eigenvalue weighted by atomic mass is 10.0. The Hall–Kier alpha value is -5.44. The molecule has 92 heavy (non-hydrogen) atoms. The van der Waals surface area contributed by atoms with E-state index in [1.54, 1.807) is 60.7 Å². The van der Waals surface area contributed by atoms with E-state index in [-0.39, 0.29) is 52.9 Å². The molecule has 4 saturated heterocycles. The van der Waals surface area contributed by atoms with E-state index in [4.69, 9.17) is 48.7 Å². The highest BCUT2D eigenvalue weighted by Gasteiger charge is 2.42. The Bertz CT molecular complexity index is 3400. The van der Waals surface area contributed by atoms with Gasteiger partial charge in [-0.05, 0) is 192 Å². The number of nitriles is 1. The lowest BCUT2D eigenvalue weighted by Crippen LogP contribution is -2.50. The molecule has 2 aliphatic carbocycles. The number of ether oxygens (including phenoxy) is 4. The average Bonchev–Trinajstić information content (AvgIpc) is 1.71. The van der Waals surface area contributed by atoms with Crippen LogP contribution in [0.1, 0.15) is 125 Å². The van der Waals surface area contributed by atoms with Crippen molar-refractivity contribution in [2.45, 2.75) is 137 Å². The molecule has 500 valence electrons. The number of Topliss-reactive ketones (excluding diaryl/α,β-unsaturated/α-hetero) is 1. The van der Waals surface area contributed by atoms with Gasteiger partial charge < -0.3 is 39.8 Å². The van der Waals surface area contributed by atoms with Crippen LogP contribution in [0.25, 0.3) is 4.85 Å². The summed E-state index contributed by atoms with van der Waals surface area (Å²) in [5, 5.41) is 19.8. The summed E-state index contributed by atoms with van der Waals surface area (Å²) in [6.45, 7) is 25.1. The molecule has 4 aromatic carbocycles. The molecule has 0 radical (unpaired) electrons. The number of ketones is 1. The van der Waals surface area contributed by atoms with Gasteiger partial charge in [0, 0.05) is 101 Å². The van der Waals surface area contributed by atoms with E-state index in [1.165, 1.54) is 6.42 Å². The summed E-state index contributed by atoms with van der Waals surface area (Å²) in [4.78, 5) is 37.1. The highest BCUT2D eigenvalue weighted by atomic mass is 35.5. The van der Waals surface area contributed by atoms with Crippen molar-refractivity contribution in [1.29, 1.82) is 5.26 Å². The minimum absolute atomic E-state index is 0.0733. The normalized spacial score (nSPS) is 22.0. The fraction of sp³-hybridized carbons (Fsp3) is 0.588. The van der Waals surface area contributed by atoms with Crippen LogP contribution in [0.4, 0.5) is 10.5 Å². The Morgan fingerprint density at radius 3 is 1.97 bits per heavy atom. The molecule has 4 aliphatic heterocycles. The molecular weight excluding hydrogens is 1250 g/mol. The van der Waals surface area contributed by atoms with Crippen LogP contribution in [0.3, 0.4) is 0 Å². The van der Waals surface area contributed by atoms with Crippen molar-refractivity contribution in [1.82, 2.24) is 40.3 Å². The first kappa shape index (κ1) is 70.9. The number of unbranched alkanes of at least 4 members (excludes halogenated alkanes) is 2. The maximum Gasteiger partial charge on any atom is 0.314 e. The molecule has 4 heterocycles. The zero-order valence-electron chi connectivity index (χ0n) is 53.4. The van der Waals surface area contributed by atoms with Crippen LogP contribution >= 0.6 is 23.2 Å². The van der Waals surface area contributed by atoms with Gasteiger partial charge in [0.05, 0.1) is 65.7 Å². The van der Waals surface area contributed by atoms with E-state index in [2.05, 4.69) is 51.2 Å². The number of nitrogens with zero attached hydrogens (tertiary/aromatic N) is 6. The molecule has 4 aromatic rings. The summed E-state index contributed by atoms with van der Waals surface area (Å²) >= 11 is 12.8. The van der Waals surface area contributed by atoms with Crippen molar-refractivity contribution < 1.29 is 45.4 Å². The molecule has 20 nitrogen and oxygen atoms in total. The van der Waals surface area contributed by atoms with Crippen LogP contribution in [0, 0.1) is 23.8 Å². The second-order valence-corrected chi connectivity index (χ2v) is 29.5. The number of piperazine rings is 1.